The van der Waals surface area contributed by atoms with Crippen LogP contribution in [0.3, 0.4) is 0 Å². The van der Waals surface area contributed by atoms with E-state index in [1.807, 2.05) is 29.2 Å². The molecule has 2 fully saturated rings. The van der Waals surface area contributed by atoms with E-state index < -0.39 is 0 Å². The molecule has 0 radical (unpaired) electrons. The highest BCUT2D eigenvalue weighted by Gasteiger charge is 2.38. The molecule has 1 saturated carbocycles. The van der Waals surface area contributed by atoms with Gasteiger partial charge in [-0.25, -0.2) is 4.98 Å². The Morgan fingerprint density at radius 3 is 2.66 bits per heavy atom. The zero-order valence-electron chi connectivity index (χ0n) is 18.0. The molecule has 1 aromatic carbocycles. The molecule has 2 aromatic rings. The maximum atomic E-state index is 13.2. The first-order valence-electron chi connectivity index (χ1n) is 11.0. The third-order valence-electron chi connectivity index (χ3n) is 6.61. The van der Waals surface area contributed by atoms with Crippen LogP contribution in [0, 0.1) is 11.8 Å². The number of nitrogens with zero attached hydrogens (tertiary/aromatic N) is 3. The summed E-state index contributed by atoms with van der Waals surface area (Å²) in [5.74, 6) is 0.515. The molecule has 1 aromatic heterocycles. The van der Waals surface area contributed by atoms with Crippen molar-refractivity contribution >= 4 is 39.9 Å². The molecule has 1 aliphatic carbocycles. The number of benzene rings is 1. The normalized spacial score (nSPS) is 20.7. The molecule has 5 rings (SSSR count). The summed E-state index contributed by atoms with van der Waals surface area (Å²) in [5.41, 5.74) is 1.74. The van der Waals surface area contributed by atoms with E-state index in [4.69, 9.17) is 4.74 Å². The van der Waals surface area contributed by atoms with Crippen LogP contribution < -0.4 is 15.0 Å². The standard InChI is InChI=1S/C23H26N4O4S/c1-31-17-7-5-16(6-8-17)27-12-15(11-20(27)28)22(30)26-10-9-18-19(13-26)32-23(24-18)25-21(29)14-3-2-4-14/h5-8,14-15H,2-4,9-13H2,1H3,(H,24,25,29). The zero-order valence-corrected chi connectivity index (χ0v) is 18.8. The summed E-state index contributed by atoms with van der Waals surface area (Å²) < 4.78 is 5.18. The molecule has 0 bridgehead atoms. The molecule has 3 aliphatic rings. The van der Waals surface area contributed by atoms with Crippen molar-refractivity contribution in [1.29, 1.82) is 0 Å². The van der Waals surface area contributed by atoms with Crippen LogP contribution >= 0.6 is 11.3 Å². The van der Waals surface area contributed by atoms with E-state index in [1.54, 1.807) is 12.0 Å². The van der Waals surface area contributed by atoms with Gasteiger partial charge in [0, 0.05) is 42.4 Å². The first-order valence-corrected chi connectivity index (χ1v) is 11.9. The number of anilines is 2. The third kappa shape index (κ3) is 3.97. The van der Waals surface area contributed by atoms with E-state index in [1.165, 1.54) is 11.3 Å². The minimum absolute atomic E-state index is 0.00784. The van der Waals surface area contributed by atoms with Gasteiger partial charge in [-0.3, -0.25) is 14.4 Å². The minimum atomic E-state index is -0.350. The van der Waals surface area contributed by atoms with Crippen LogP contribution in [0.4, 0.5) is 10.8 Å². The summed E-state index contributed by atoms with van der Waals surface area (Å²) in [7, 11) is 1.60. The Bertz CT molecular complexity index is 1050. The zero-order chi connectivity index (χ0) is 22.2. The predicted molar refractivity (Wildman–Crippen MR) is 121 cm³/mol. The van der Waals surface area contributed by atoms with Crippen LogP contribution in [0.5, 0.6) is 5.75 Å². The Morgan fingerprint density at radius 2 is 1.97 bits per heavy atom. The number of thiazole rings is 1. The number of nitrogens with one attached hydrogen (secondary N) is 1. The van der Waals surface area contributed by atoms with Crippen molar-refractivity contribution in [1.82, 2.24) is 9.88 Å². The van der Waals surface area contributed by atoms with Gasteiger partial charge in [0.15, 0.2) is 5.13 Å². The van der Waals surface area contributed by atoms with Crippen molar-refractivity contribution in [3.63, 3.8) is 0 Å². The Labute approximate surface area is 190 Å². The molecule has 3 heterocycles. The second-order valence-electron chi connectivity index (χ2n) is 8.62. The summed E-state index contributed by atoms with van der Waals surface area (Å²) in [6, 6.07) is 7.31. The Kier molecular flexibility index (Phi) is 5.58. The number of hydrogen-bond donors (Lipinski definition) is 1. The molecule has 8 nitrogen and oxygen atoms in total. The predicted octanol–water partition coefficient (Wildman–Crippen LogP) is 2.83. The summed E-state index contributed by atoms with van der Waals surface area (Å²) in [5, 5.41) is 3.57. The van der Waals surface area contributed by atoms with Crippen LogP contribution in [-0.4, -0.2) is 47.8 Å². The molecule has 32 heavy (non-hydrogen) atoms. The monoisotopic (exact) mass is 454 g/mol. The van der Waals surface area contributed by atoms with Crippen molar-refractivity contribution in [2.45, 2.75) is 38.6 Å². The van der Waals surface area contributed by atoms with Crippen molar-refractivity contribution in [3.8, 4) is 5.75 Å². The number of ether oxygens (including phenoxy) is 1. The molecule has 3 amide bonds. The highest BCUT2D eigenvalue weighted by molar-refractivity contribution is 7.15. The van der Waals surface area contributed by atoms with E-state index in [2.05, 4.69) is 10.3 Å². The fourth-order valence-corrected chi connectivity index (χ4v) is 5.48. The number of rotatable bonds is 5. The molecule has 1 N–H and O–H groups in total. The van der Waals surface area contributed by atoms with Crippen LogP contribution in [0.2, 0.25) is 0 Å². The van der Waals surface area contributed by atoms with Gasteiger partial charge in [-0.05, 0) is 37.1 Å². The van der Waals surface area contributed by atoms with E-state index in [0.717, 1.165) is 41.3 Å². The summed E-state index contributed by atoms with van der Waals surface area (Å²) in [4.78, 5) is 47.1. The summed E-state index contributed by atoms with van der Waals surface area (Å²) in [6.07, 6.45) is 3.90. The molecule has 9 heteroatoms. The summed E-state index contributed by atoms with van der Waals surface area (Å²) in [6.45, 7) is 1.45. The number of methoxy groups -OCH3 is 1. The second kappa shape index (κ2) is 8.54. The average Bonchev–Trinajstić information content (AvgIpc) is 3.34. The first kappa shape index (κ1) is 20.9. The Hall–Kier alpha value is -2.94. The number of carbonyl (C=O) groups excluding carboxylic acids is 3. The van der Waals surface area contributed by atoms with Gasteiger partial charge in [-0.1, -0.05) is 17.8 Å². The van der Waals surface area contributed by atoms with Gasteiger partial charge >= 0.3 is 0 Å². The highest BCUT2D eigenvalue weighted by Crippen LogP contribution is 2.33. The van der Waals surface area contributed by atoms with Crippen molar-refractivity contribution in [2.24, 2.45) is 11.8 Å². The van der Waals surface area contributed by atoms with Gasteiger partial charge in [-0.2, -0.15) is 0 Å². The smallest absolute Gasteiger partial charge is 0.229 e. The first-order chi connectivity index (χ1) is 15.5. The summed E-state index contributed by atoms with van der Waals surface area (Å²) >= 11 is 1.45. The molecular formula is C23H26N4O4S. The Morgan fingerprint density at radius 1 is 1.19 bits per heavy atom. The van der Waals surface area contributed by atoms with Crippen molar-refractivity contribution < 1.29 is 19.1 Å². The van der Waals surface area contributed by atoms with Crippen LogP contribution in [0.15, 0.2) is 24.3 Å². The largest absolute Gasteiger partial charge is 0.497 e. The van der Waals surface area contributed by atoms with Crippen LogP contribution in [0.1, 0.15) is 36.3 Å². The number of fused-ring (bicyclic) bond motifs is 1. The van der Waals surface area contributed by atoms with Gasteiger partial charge in [-0.15, -0.1) is 0 Å². The molecule has 2 aliphatic heterocycles. The van der Waals surface area contributed by atoms with Gasteiger partial charge in [0.05, 0.1) is 25.3 Å². The molecular weight excluding hydrogens is 428 g/mol. The van der Waals surface area contributed by atoms with Crippen molar-refractivity contribution in [2.75, 3.05) is 30.4 Å². The number of amides is 3. The van der Waals surface area contributed by atoms with Crippen LogP contribution in [-0.2, 0) is 27.3 Å². The average molecular weight is 455 g/mol. The lowest BCUT2D eigenvalue weighted by atomic mass is 9.85. The molecule has 1 atom stereocenters. The minimum Gasteiger partial charge on any atom is -0.497 e. The molecule has 1 unspecified atom stereocenters. The fourth-order valence-electron chi connectivity index (χ4n) is 4.46. The number of carbonyl (C=O) groups is 3. The lowest BCUT2D eigenvalue weighted by Gasteiger charge is -2.28. The van der Waals surface area contributed by atoms with E-state index >= 15 is 0 Å². The van der Waals surface area contributed by atoms with Gasteiger partial charge < -0.3 is 19.9 Å². The quantitative estimate of drug-likeness (QED) is 0.750. The maximum Gasteiger partial charge on any atom is 0.229 e. The molecule has 1 saturated heterocycles. The maximum absolute atomic E-state index is 13.2. The number of aromatic nitrogens is 1. The Balaban J connectivity index is 1.22. The van der Waals surface area contributed by atoms with E-state index in [9.17, 15) is 14.4 Å². The van der Waals surface area contributed by atoms with E-state index in [0.29, 0.717) is 31.2 Å². The fraction of sp³-hybridized carbons (Fsp3) is 0.478. The molecule has 168 valence electrons. The molecule has 0 spiro atoms. The third-order valence-corrected chi connectivity index (χ3v) is 7.61. The lowest BCUT2D eigenvalue weighted by Crippen LogP contribution is -2.40. The van der Waals surface area contributed by atoms with Gasteiger partial charge in [0.1, 0.15) is 5.75 Å². The topological polar surface area (TPSA) is 91.8 Å². The van der Waals surface area contributed by atoms with Crippen LogP contribution in [0.25, 0.3) is 0 Å². The highest BCUT2D eigenvalue weighted by atomic mass is 32.1. The van der Waals surface area contributed by atoms with Gasteiger partial charge in [0.25, 0.3) is 0 Å². The number of hydrogen-bond acceptors (Lipinski definition) is 6. The lowest BCUT2D eigenvalue weighted by molar-refractivity contribution is -0.136. The van der Waals surface area contributed by atoms with Crippen molar-refractivity contribution in [3.05, 3.63) is 34.8 Å². The van der Waals surface area contributed by atoms with E-state index in [-0.39, 0.29) is 36.0 Å². The van der Waals surface area contributed by atoms with Gasteiger partial charge in [0.2, 0.25) is 17.7 Å². The second-order valence-corrected chi connectivity index (χ2v) is 9.70. The SMILES string of the molecule is COc1ccc(N2CC(C(=O)N3CCc4nc(NC(=O)C5CCC5)sc4C3)CC2=O)cc1.